The zero-order valence-corrected chi connectivity index (χ0v) is 14.9. The highest BCUT2D eigenvalue weighted by molar-refractivity contribution is 6.31. The SMILES string of the molecule is O=C(CCCn1cccc1)N[C@@H]1CCCc2c1[nH]c1ccc(Cl)cc21. The maximum absolute atomic E-state index is 12.4. The van der Waals surface area contributed by atoms with E-state index in [9.17, 15) is 4.79 Å². The average Bonchev–Trinajstić information content (AvgIpc) is 3.23. The van der Waals surface area contributed by atoms with Gasteiger partial charge < -0.3 is 14.9 Å². The molecule has 0 saturated carbocycles. The molecule has 4 rings (SSSR count). The number of amides is 1. The summed E-state index contributed by atoms with van der Waals surface area (Å²) in [5.41, 5.74) is 3.56. The first-order chi connectivity index (χ1) is 12.2. The highest BCUT2D eigenvalue weighted by Gasteiger charge is 2.25. The summed E-state index contributed by atoms with van der Waals surface area (Å²) < 4.78 is 2.10. The first kappa shape index (κ1) is 16.3. The fourth-order valence-electron chi connectivity index (χ4n) is 3.79. The van der Waals surface area contributed by atoms with Crippen molar-refractivity contribution in [2.75, 3.05) is 0 Å². The van der Waals surface area contributed by atoms with E-state index in [1.54, 1.807) is 0 Å². The molecule has 2 heterocycles. The maximum atomic E-state index is 12.4. The largest absolute Gasteiger partial charge is 0.356 e. The van der Waals surface area contributed by atoms with Crippen molar-refractivity contribution in [2.45, 2.75) is 44.7 Å². The first-order valence-electron chi connectivity index (χ1n) is 8.91. The van der Waals surface area contributed by atoms with E-state index in [2.05, 4.69) is 14.9 Å². The molecule has 0 radical (unpaired) electrons. The number of aromatic nitrogens is 2. The molecule has 1 aromatic carbocycles. The Morgan fingerprint density at radius 3 is 3.00 bits per heavy atom. The molecule has 1 amide bonds. The number of benzene rings is 1. The lowest BCUT2D eigenvalue weighted by Crippen LogP contribution is -2.31. The fraction of sp³-hybridized carbons (Fsp3) is 0.350. The number of aromatic amines is 1. The number of carbonyl (C=O) groups is 1. The topological polar surface area (TPSA) is 49.8 Å². The quantitative estimate of drug-likeness (QED) is 0.690. The molecular formula is C20H22ClN3O. The Bertz CT molecular complexity index is 882. The van der Waals surface area contributed by atoms with Crippen molar-refractivity contribution in [3.05, 3.63) is 59.0 Å². The summed E-state index contributed by atoms with van der Waals surface area (Å²) in [6, 6.07) is 10.0. The Kier molecular flexibility index (Phi) is 4.53. The minimum absolute atomic E-state index is 0.0778. The van der Waals surface area contributed by atoms with Gasteiger partial charge in [0.25, 0.3) is 0 Å². The summed E-state index contributed by atoms with van der Waals surface area (Å²) in [6.07, 6.45) is 8.56. The summed E-state index contributed by atoms with van der Waals surface area (Å²) in [6.45, 7) is 0.876. The lowest BCUT2D eigenvalue weighted by molar-refractivity contribution is -0.122. The minimum Gasteiger partial charge on any atom is -0.356 e. The Morgan fingerprint density at radius 2 is 2.16 bits per heavy atom. The van der Waals surface area contributed by atoms with Crippen molar-refractivity contribution in [3.63, 3.8) is 0 Å². The molecule has 0 bridgehead atoms. The van der Waals surface area contributed by atoms with Crippen molar-refractivity contribution in [2.24, 2.45) is 0 Å². The maximum Gasteiger partial charge on any atom is 0.220 e. The molecule has 1 atom stereocenters. The van der Waals surface area contributed by atoms with Gasteiger partial charge in [0, 0.05) is 47.0 Å². The van der Waals surface area contributed by atoms with E-state index in [1.807, 2.05) is 42.7 Å². The zero-order valence-electron chi connectivity index (χ0n) is 14.1. The lowest BCUT2D eigenvalue weighted by Gasteiger charge is -2.24. The van der Waals surface area contributed by atoms with Crippen LogP contribution < -0.4 is 5.32 Å². The van der Waals surface area contributed by atoms with E-state index in [0.717, 1.165) is 48.5 Å². The smallest absolute Gasteiger partial charge is 0.220 e. The molecule has 3 aromatic rings. The van der Waals surface area contributed by atoms with Gasteiger partial charge in [0.1, 0.15) is 0 Å². The molecule has 2 aromatic heterocycles. The third-order valence-electron chi connectivity index (χ3n) is 4.99. The van der Waals surface area contributed by atoms with E-state index < -0.39 is 0 Å². The number of carbonyl (C=O) groups excluding carboxylic acids is 1. The number of aryl methyl sites for hydroxylation is 2. The van der Waals surface area contributed by atoms with Gasteiger partial charge in [-0.05, 0) is 61.6 Å². The van der Waals surface area contributed by atoms with Crippen LogP contribution in [0, 0.1) is 0 Å². The van der Waals surface area contributed by atoms with E-state index in [0.29, 0.717) is 6.42 Å². The van der Waals surface area contributed by atoms with Gasteiger partial charge in [-0.25, -0.2) is 0 Å². The molecule has 4 nitrogen and oxygen atoms in total. The molecule has 0 unspecified atom stereocenters. The molecule has 130 valence electrons. The molecular weight excluding hydrogens is 334 g/mol. The van der Waals surface area contributed by atoms with E-state index >= 15 is 0 Å². The minimum atomic E-state index is 0.0778. The van der Waals surface area contributed by atoms with Crippen LogP contribution in [-0.2, 0) is 17.8 Å². The van der Waals surface area contributed by atoms with Gasteiger partial charge in [0.15, 0.2) is 0 Å². The molecule has 5 heteroatoms. The molecule has 25 heavy (non-hydrogen) atoms. The number of nitrogens with zero attached hydrogens (tertiary/aromatic N) is 1. The van der Waals surface area contributed by atoms with E-state index in [-0.39, 0.29) is 11.9 Å². The van der Waals surface area contributed by atoms with E-state index in [4.69, 9.17) is 11.6 Å². The van der Waals surface area contributed by atoms with Gasteiger partial charge in [0.2, 0.25) is 5.91 Å². The van der Waals surface area contributed by atoms with Crippen LogP contribution in [-0.4, -0.2) is 15.5 Å². The second-order valence-corrected chi connectivity index (χ2v) is 7.18. The van der Waals surface area contributed by atoms with Crippen molar-refractivity contribution < 1.29 is 4.79 Å². The number of hydrogen-bond acceptors (Lipinski definition) is 1. The van der Waals surface area contributed by atoms with Gasteiger partial charge >= 0.3 is 0 Å². The van der Waals surface area contributed by atoms with E-state index in [1.165, 1.54) is 10.9 Å². The van der Waals surface area contributed by atoms with Crippen LogP contribution in [0.5, 0.6) is 0 Å². The molecule has 1 aliphatic rings. The van der Waals surface area contributed by atoms with Crippen LogP contribution >= 0.6 is 11.6 Å². The fourth-order valence-corrected chi connectivity index (χ4v) is 3.96. The summed E-state index contributed by atoms with van der Waals surface area (Å²) in [5, 5.41) is 5.16. The highest BCUT2D eigenvalue weighted by atomic mass is 35.5. The van der Waals surface area contributed by atoms with Gasteiger partial charge in [0.05, 0.1) is 6.04 Å². The second kappa shape index (κ2) is 6.96. The van der Waals surface area contributed by atoms with Crippen LogP contribution in [0.4, 0.5) is 0 Å². The third-order valence-corrected chi connectivity index (χ3v) is 5.23. The molecule has 0 fully saturated rings. The third kappa shape index (κ3) is 3.45. The van der Waals surface area contributed by atoms with Gasteiger partial charge in [-0.1, -0.05) is 11.6 Å². The first-order valence-corrected chi connectivity index (χ1v) is 9.28. The lowest BCUT2D eigenvalue weighted by atomic mass is 9.91. The van der Waals surface area contributed by atoms with Crippen molar-refractivity contribution in [1.29, 1.82) is 0 Å². The number of nitrogens with one attached hydrogen (secondary N) is 2. The van der Waals surface area contributed by atoms with Crippen LogP contribution in [0.3, 0.4) is 0 Å². The van der Waals surface area contributed by atoms with Crippen molar-refractivity contribution in [3.8, 4) is 0 Å². The number of rotatable bonds is 5. The summed E-state index contributed by atoms with van der Waals surface area (Å²) >= 11 is 6.15. The summed E-state index contributed by atoms with van der Waals surface area (Å²) in [5.74, 6) is 0.127. The number of hydrogen-bond donors (Lipinski definition) is 2. The average molecular weight is 356 g/mol. The van der Waals surface area contributed by atoms with Crippen LogP contribution in [0.15, 0.2) is 42.7 Å². The highest BCUT2D eigenvalue weighted by Crippen LogP contribution is 2.35. The number of halogens is 1. The normalized spacial score (nSPS) is 16.8. The van der Waals surface area contributed by atoms with Gasteiger partial charge in [-0.2, -0.15) is 0 Å². The Morgan fingerprint density at radius 1 is 1.32 bits per heavy atom. The van der Waals surface area contributed by atoms with Crippen molar-refractivity contribution >= 4 is 28.4 Å². The standard InChI is InChI=1S/C20H22ClN3O/c21-14-8-9-17-16(13-14)15-5-3-6-18(20(15)23-17)22-19(25)7-4-12-24-10-1-2-11-24/h1-2,8-11,13,18,23H,3-7,12H2,(H,22,25)/t18-/m1/s1. The Labute approximate surface area is 152 Å². The van der Waals surface area contributed by atoms with Crippen LogP contribution in [0.1, 0.15) is 43.0 Å². The van der Waals surface area contributed by atoms with Crippen LogP contribution in [0.25, 0.3) is 10.9 Å². The number of H-pyrrole nitrogens is 1. The second-order valence-electron chi connectivity index (χ2n) is 6.74. The molecule has 2 N–H and O–H groups in total. The van der Waals surface area contributed by atoms with Crippen molar-refractivity contribution in [1.82, 2.24) is 14.9 Å². The zero-order chi connectivity index (χ0) is 17.2. The van der Waals surface area contributed by atoms with Crippen LogP contribution in [0.2, 0.25) is 5.02 Å². The predicted octanol–water partition coefficient (Wildman–Crippen LogP) is 4.60. The molecule has 1 aliphatic carbocycles. The Hall–Kier alpha value is -2.20. The Balaban J connectivity index is 1.43. The summed E-state index contributed by atoms with van der Waals surface area (Å²) in [4.78, 5) is 15.9. The number of fused-ring (bicyclic) bond motifs is 3. The molecule has 0 saturated heterocycles. The predicted molar refractivity (Wildman–Crippen MR) is 101 cm³/mol. The van der Waals surface area contributed by atoms with Gasteiger partial charge in [-0.15, -0.1) is 0 Å². The van der Waals surface area contributed by atoms with Gasteiger partial charge in [-0.3, -0.25) is 4.79 Å². The molecule has 0 spiro atoms. The summed E-state index contributed by atoms with van der Waals surface area (Å²) in [7, 11) is 0. The monoisotopic (exact) mass is 355 g/mol. The molecule has 0 aliphatic heterocycles.